The molecular formula is C11H21NO3. The predicted molar refractivity (Wildman–Crippen MR) is 59.1 cm³/mol. The van der Waals surface area contributed by atoms with Gasteiger partial charge in [-0.2, -0.15) is 0 Å². The molecule has 0 spiro atoms. The van der Waals surface area contributed by atoms with Crippen LogP contribution in [-0.2, 0) is 9.53 Å². The minimum absolute atomic E-state index is 0.0694. The van der Waals surface area contributed by atoms with Crippen molar-refractivity contribution in [3.05, 3.63) is 25.3 Å². The van der Waals surface area contributed by atoms with Crippen molar-refractivity contribution in [2.24, 2.45) is 0 Å². The van der Waals surface area contributed by atoms with E-state index in [4.69, 9.17) is 4.74 Å². The van der Waals surface area contributed by atoms with Gasteiger partial charge in [-0.05, 0) is 0 Å². The van der Waals surface area contributed by atoms with Gasteiger partial charge < -0.3 is 19.1 Å². The first-order valence-corrected chi connectivity index (χ1v) is 4.63. The molecule has 0 saturated heterocycles. The maximum absolute atomic E-state index is 9.89. The molecule has 4 nitrogen and oxygen atoms in total. The van der Waals surface area contributed by atoms with E-state index < -0.39 is 5.97 Å². The highest BCUT2D eigenvalue weighted by Gasteiger charge is 2.04. The van der Waals surface area contributed by atoms with Crippen molar-refractivity contribution in [1.82, 2.24) is 0 Å². The Morgan fingerprint density at radius 1 is 1.27 bits per heavy atom. The molecule has 0 amide bonds. The number of ether oxygens (including phenoxy) is 1. The molecule has 0 aliphatic rings. The van der Waals surface area contributed by atoms with Gasteiger partial charge in [-0.25, -0.2) is 0 Å². The standard InChI is InChI=1S/C6H10O.C5H11NO2/c1-3-5-7-6-4-2;1-6(2,3)4-5(7)8/h3-4H,1-2,5-6H2;4H2,1-3H3. The smallest absolute Gasteiger partial charge is 0.118 e. The topological polar surface area (TPSA) is 49.4 Å². The Balaban J connectivity index is 0. The molecule has 0 bridgehead atoms. The number of likely N-dealkylation sites (N-methyl/N-ethyl adjacent to an activating group) is 1. The summed E-state index contributed by atoms with van der Waals surface area (Å²) in [5.74, 6) is -1.00. The average Bonchev–Trinajstić information content (AvgIpc) is 2.01. The van der Waals surface area contributed by atoms with Crippen molar-refractivity contribution in [2.45, 2.75) is 0 Å². The van der Waals surface area contributed by atoms with E-state index >= 15 is 0 Å². The molecule has 0 fully saturated rings. The zero-order valence-corrected chi connectivity index (χ0v) is 9.86. The SMILES string of the molecule is C=CCOCC=C.C[N+](C)(C)CC(=O)[O-]. The molecule has 15 heavy (non-hydrogen) atoms. The Kier molecular flexibility index (Phi) is 10.2. The second-order valence-corrected chi connectivity index (χ2v) is 3.94. The quantitative estimate of drug-likeness (QED) is 0.351. The van der Waals surface area contributed by atoms with Crippen molar-refractivity contribution in [3.63, 3.8) is 0 Å². The highest BCUT2D eigenvalue weighted by molar-refractivity contribution is 5.65. The highest BCUT2D eigenvalue weighted by Crippen LogP contribution is 1.84. The van der Waals surface area contributed by atoms with Gasteiger partial charge in [0.15, 0.2) is 0 Å². The second kappa shape index (κ2) is 9.43. The Labute approximate surface area is 92.1 Å². The number of carbonyl (C=O) groups excluding carboxylic acids is 1. The van der Waals surface area contributed by atoms with Crippen molar-refractivity contribution < 1.29 is 19.1 Å². The minimum atomic E-state index is -1.00. The van der Waals surface area contributed by atoms with E-state index in [0.29, 0.717) is 17.7 Å². The van der Waals surface area contributed by atoms with Crippen molar-refractivity contribution in [1.29, 1.82) is 0 Å². The summed E-state index contributed by atoms with van der Waals surface area (Å²) < 4.78 is 5.31. The molecule has 0 N–H and O–H groups in total. The molecule has 0 saturated carbocycles. The summed E-state index contributed by atoms with van der Waals surface area (Å²) in [6.07, 6.45) is 3.42. The van der Waals surface area contributed by atoms with Crippen molar-refractivity contribution >= 4 is 5.97 Å². The van der Waals surface area contributed by atoms with Crippen LogP contribution >= 0.6 is 0 Å². The summed E-state index contributed by atoms with van der Waals surface area (Å²) in [6.45, 7) is 8.25. The molecule has 0 rings (SSSR count). The molecule has 0 radical (unpaired) electrons. The second-order valence-electron chi connectivity index (χ2n) is 3.94. The molecule has 0 aromatic carbocycles. The van der Waals surface area contributed by atoms with Gasteiger partial charge >= 0.3 is 0 Å². The molecule has 88 valence electrons. The average molecular weight is 215 g/mol. The minimum Gasteiger partial charge on any atom is -0.544 e. The summed E-state index contributed by atoms with van der Waals surface area (Å²) >= 11 is 0. The van der Waals surface area contributed by atoms with E-state index in [1.165, 1.54) is 0 Å². The number of quaternary nitrogens is 1. The zero-order chi connectivity index (χ0) is 12.3. The fourth-order valence-corrected chi connectivity index (χ4v) is 0.622. The Bertz CT molecular complexity index is 186. The highest BCUT2D eigenvalue weighted by atomic mass is 16.5. The van der Waals surface area contributed by atoms with Gasteiger partial charge in [0, 0.05) is 0 Å². The van der Waals surface area contributed by atoms with Gasteiger partial charge in [0.2, 0.25) is 0 Å². The van der Waals surface area contributed by atoms with Crippen LogP contribution in [-0.4, -0.2) is 51.4 Å². The maximum Gasteiger partial charge on any atom is 0.118 e. The lowest BCUT2D eigenvalue weighted by Gasteiger charge is -2.23. The van der Waals surface area contributed by atoms with Crippen LogP contribution in [0.15, 0.2) is 25.3 Å². The Morgan fingerprint density at radius 3 is 1.80 bits per heavy atom. The summed E-state index contributed by atoms with van der Waals surface area (Å²) in [4.78, 5) is 9.89. The predicted octanol–water partition coefficient (Wildman–Crippen LogP) is -0.182. The maximum atomic E-state index is 9.89. The Hall–Kier alpha value is -1.13. The van der Waals surface area contributed by atoms with E-state index in [1.54, 1.807) is 33.3 Å². The van der Waals surface area contributed by atoms with Crippen LogP contribution in [0.4, 0.5) is 0 Å². The third kappa shape index (κ3) is 24.6. The Morgan fingerprint density at radius 2 is 1.67 bits per heavy atom. The van der Waals surface area contributed by atoms with Gasteiger partial charge in [0.1, 0.15) is 6.54 Å². The van der Waals surface area contributed by atoms with E-state index in [0.717, 1.165) is 0 Å². The largest absolute Gasteiger partial charge is 0.544 e. The third-order valence-electron chi connectivity index (χ3n) is 1.07. The lowest BCUT2D eigenvalue weighted by Crippen LogP contribution is -2.45. The first kappa shape index (κ1) is 16.3. The van der Waals surface area contributed by atoms with E-state index in [1.807, 2.05) is 0 Å². The number of nitrogens with zero attached hydrogens (tertiary/aromatic N) is 1. The number of carbonyl (C=O) groups is 1. The summed E-state index contributed by atoms with van der Waals surface area (Å²) in [5.41, 5.74) is 0. The molecule has 0 unspecified atom stereocenters. The summed E-state index contributed by atoms with van der Waals surface area (Å²) in [6, 6.07) is 0. The molecular weight excluding hydrogens is 194 g/mol. The molecule has 0 aliphatic carbocycles. The number of carboxylic acids is 1. The van der Waals surface area contributed by atoms with E-state index in [2.05, 4.69) is 13.2 Å². The van der Waals surface area contributed by atoms with E-state index in [9.17, 15) is 9.90 Å². The van der Waals surface area contributed by atoms with E-state index in [-0.39, 0.29) is 6.54 Å². The van der Waals surface area contributed by atoms with Crippen LogP contribution in [0, 0.1) is 0 Å². The normalized spacial score (nSPS) is 9.80. The number of hydrogen-bond donors (Lipinski definition) is 0. The lowest BCUT2D eigenvalue weighted by molar-refractivity contribution is -0.864. The number of carboxylic acid groups (broad SMARTS) is 1. The van der Waals surface area contributed by atoms with Crippen LogP contribution in [0.5, 0.6) is 0 Å². The third-order valence-corrected chi connectivity index (χ3v) is 1.07. The number of rotatable bonds is 6. The monoisotopic (exact) mass is 215 g/mol. The van der Waals surface area contributed by atoms with Crippen LogP contribution in [0.3, 0.4) is 0 Å². The lowest BCUT2D eigenvalue weighted by atomic mass is 10.5. The molecule has 0 aliphatic heterocycles. The molecule has 4 heteroatoms. The fourth-order valence-electron chi connectivity index (χ4n) is 0.622. The number of aliphatic carboxylic acids is 1. The first-order valence-electron chi connectivity index (χ1n) is 4.63. The van der Waals surface area contributed by atoms with Gasteiger partial charge in [0.05, 0.1) is 40.3 Å². The fraction of sp³-hybridized carbons (Fsp3) is 0.545. The van der Waals surface area contributed by atoms with Gasteiger partial charge in [-0.1, -0.05) is 12.2 Å². The van der Waals surface area contributed by atoms with Crippen LogP contribution in [0.2, 0.25) is 0 Å². The first-order chi connectivity index (χ1) is 6.83. The molecule has 0 aromatic heterocycles. The van der Waals surface area contributed by atoms with Crippen LogP contribution in [0.1, 0.15) is 0 Å². The molecule has 0 atom stereocenters. The molecule has 0 aromatic rings. The van der Waals surface area contributed by atoms with Gasteiger partial charge in [0.25, 0.3) is 0 Å². The van der Waals surface area contributed by atoms with Crippen molar-refractivity contribution in [2.75, 3.05) is 40.9 Å². The molecule has 0 heterocycles. The summed E-state index contributed by atoms with van der Waals surface area (Å²) in [5, 5.41) is 9.89. The van der Waals surface area contributed by atoms with Gasteiger partial charge in [-0.15, -0.1) is 13.2 Å². The zero-order valence-electron chi connectivity index (χ0n) is 9.86. The summed E-state index contributed by atoms with van der Waals surface area (Å²) in [7, 11) is 5.40. The number of hydrogen-bond acceptors (Lipinski definition) is 3. The van der Waals surface area contributed by atoms with Gasteiger partial charge in [-0.3, -0.25) is 0 Å². The van der Waals surface area contributed by atoms with Crippen LogP contribution in [0.25, 0.3) is 0 Å². The van der Waals surface area contributed by atoms with Crippen LogP contribution < -0.4 is 5.11 Å². The van der Waals surface area contributed by atoms with Crippen molar-refractivity contribution in [3.8, 4) is 0 Å².